The molecule has 0 aromatic heterocycles. The van der Waals surface area contributed by atoms with Crippen LogP contribution in [0.5, 0.6) is 0 Å². The Morgan fingerprint density at radius 1 is 1.17 bits per heavy atom. The third-order valence-corrected chi connectivity index (χ3v) is 6.48. The highest BCUT2D eigenvalue weighted by molar-refractivity contribution is 7.89. The minimum absolute atomic E-state index is 0.0820. The summed E-state index contributed by atoms with van der Waals surface area (Å²) in [6, 6.07) is 9.37. The fraction of sp³-hybridized carbons (Fsp3) is 0.263. The number of ether oxygens (including phenoxy) is 2. The van der Waals surface area contributed by atoms with Gasteiger partial charge in [-0.05, 0) is 30.3 Å². The molecular formula is C19H18ClFN2O6S. The Morgan fingerprint density at radius 2 is 1.87 bits per heavy atom. The van der Waals surface area contributed by atoms with E-state index in [1.807, 2.05) is 0 Å². The quantitative estimate of drug-likeness (QED) is 0.669. The van der Waals surface area contributed by atoms with Gasteiger partial charge in [-0.3, -0.25) is 4.79 Å². The van der Waals surface area contributed by atoms with Crippen LogP contribution in [0.2, 0.25) is 5.02 Å². The van der Waals surface area contributed by atoms with Crippen LogP contribution in [0.3, 0.4) is 0 Å². The van der Waals surface area contributed by atoms with E-state index in [1.54, 1.807) is 24.3 Å². The Balaban J connectivity index is 1.68. The second-order valence-corrected chi connectivity index (χ2v) is 8.58. The molecule has 0 spiro atoms. The molecule has 160 valence electrons. The van der Waals surface area contributed by atoms with Crippen molar-refractivity contribution in [3.05, 3.63) is 58.9 Å². The SMILES string of the molecule is O=C(COC(=O)c1ccc(F)c(S(=O)(=O)N2CCOCC2)c1)Nc1ccccc1Cl. The van der Waals surface area contributed by atoms with Crippen LogP contribution in [-0.4, -0.2) is 57.5 Å². The van der Waals surface area contributed by atoms with Crippen molar-refractivity contribution in [1.82, 2.24) is 4.31 Å². The minimum Gasteiger partial charge on any atom is -0.452 e. The predicted molar refractivity (Wildman–Crippen MR) is 106 cm³/mol. The molecule has 0 atom stereocenters. The number of sulfonamides is 1. The third-order valence-electron chi connectivity index (χ3n) is 4.24. The van der Waals surface area contributed by atoms with Crippen molar-refractivity contribution in [2.24, 2.45) is 0 Å². The minimum atomic E-state index is -4.15. The largest absolute Gasteiger partial charge is 0.452 e. The molecule has 2 aromatic carbocycles. The summed E-state index contributed by atoms with van der Waals surface area (Å²) in [7, 11) is -4.15. The summed E-state index contributed by atoms with van der Waals surface area (Å²) in [6.45, 7) is -0.0729. The summed E-state index contributed by atoms with van der Waals surface area (Å²) in [5.41, 5.74) is 0.148. The summed E-state index contributed by atoms with van der Waals surface area (Å²) in [4.78, 5) is 23.6. The van der Waals surface area contributed by atoms with E-state index in [9.17, 15) is 22.4 Å². The van der Waals surface area contributed by atoms with Crippen LogP contribution in [-0.2, 0) is 24.3 Å². The molecule has 11 heteroatoms. The van der Waals surface area contributed by atoms with Crippen molar-refractivity contribution in [2.45, 2.75) is 4.90 Å². The Kier molecular flexibility index (Phi) is 7.03. The number of nitrogens with one attached hydrogen (secondary N) is 1. The summed E-state index contributed by atoms with van der Waals surface area (Å²) in [6.07, 6.45) is 0. The zero-order valence-corrected chi connectivity index (χ0v) is 17.2. The number of carbonyl (C=O) groups is 2. The highest BCUT2D eigenvalue weighted by Gasteiger charge is 2.30. The lowest BCUT2D eigenvalue weighted by Crippen LogP contribution is -2.41. The van der Waals surface area contributed by atoms with Gasteiger partial charge < -0.3 is 14.8 Å². The van der Waals surface area contributed by atoms with Gasteiger partial charge in [-0.25, -0.2) is 17.6 Å². The highest BCUT2D eigenvalue weighted by atomic mass is 35.5. The van der Waals surface area contributed by atoms with E-state index in [-0.39, 0.29) is 31.9 Å². The van der Waals surface area contributed by atoms with Gasteiger partial charge in [0.2, 0.25) is 10.0 Å². The lowest BCUT2D eigenvalue weighted by molar-refractivity contribution is -0.119. The van der Waals surface area contributed by atoms with Gasteiger partial charge in [0.05, 0.1) is 29.5 Å². The van der Waals surface area contributed by atoms with Crippen molar-refractivity contribution < 1.29 is 31.9 Å². The van der Waals surface area contributed by atoms with Crippen LogP contribution in [0.15, 0.2) is 47.4 Å². The molecule has 1 fully saturated rings. The van der Waals surface area contributed by atoms with E-state index in [4.69, 9.17) is 21.1 Å². The number of benzene rings is 2. The summed E-state index contributed by atoms with van der Waals surface area (Å²) < 4.78 is 50.7. The van der Waals surface area contributed by atoms with Crippen molar-refractivity contribution in [2.75, 3.05) is 38.2 Å². The van der Waals surface area contributed by atoms with Crippen molar-refractivity contribution in [3.63, 3.8) is 0 Å². The average molecular weight is 457 g/mol. The van der Waals surface area contributed by atoms with Crippen LogP contribution < -0.4 is 5.32 Å². The maximum atomic E-state index is 14.2. The number of morpholine rings is 1. The number of esters is 1. The first kappa shape index (κ1) is 22.2. The normalized spacial score (nSPS) is 14.9. The number of hydrogen-bond acceptors (Lipinski definition) is 6. The lowest BCUT2D eigenvalue weighted by atomic mass is 10.2. The second-order valence-electron chi connectivity index (χ2n) is 6.27. The van der Waals surface area contributed by atoms with Gasteiger partial charge in [-0.1, -0.05) is 23.7 Å². The molecule has 1 aliphatic rings. The first-order valence-electron chi connectivity index (χ1n) is 8.88. The van der Waals surface area contributed by atoms with Crippen LogP contribution >= 0.6 is 11.6 Å². The maximum Gasteiger partial charge on any atom is 0.338 e. The zero-order valence-electron chi connectivity index (χ0n) is 15.6. The number of rotatable bonds is 6. The molecule has 2 aromatic rings. The molecule has 0 aliphatic carbocycles. The molecule has 0 saturated carbocycles. The topological polar surface area (TPSA) is 102 Å². The molecule has 0 unspecified atom stereocenters. The molecule has 1 saturated heterocycles. The average Bonchev–Trinajstić information content (AvgIpc) is 2.74. The third kappa shape index (κ3) is 5.14. The lowest BCUT2D eigenvalue weighted by Gasteiger charge is -2.26. The van der Waals surface area contributed by atoms with E-state index in [0.29, 0.717) is 10.7 Å². The smallest absolute Gasteiger partial charge is 0.338 e. The van der Waals surface area contributed by atoms with Crippen molar-refractivity contribution in [1.29, 1.82) is 0 Å². The first-order valence-corrected chi connectivity index (χ1v) is 10.7. The first-order chi connectivity index (χ1) is 14.3. The Hall–Kier alpha value is -2.53. The molecule has 1 heterocycles. The maximum absolute atomic E-state index is 14.2. The number of para-hydroxylation sites is 1. The summed E-state index contributed by atoms with van der Waals surface area (Å²) in [5, 5.41) is 2.80. The fourth-order valence-corrected chi connectivity index (χ4v) is 4.40. The molecule has 8 nitrogen and oxygen atoms in total. The molecule has 1 aliphatic heterocycles. The van der Waals surface area contributed by atoms with Crippen molar-refractivity contribution in [3.8, 4) is 0 Å². The monoisotopic (exact) mass is 456 g/mol. The summed E-state index contributed by atoms with van der Waals surface area (Å²) >= 11 is 5.94. The van der Waals surface area contributed by atoms with Gasteiger partial charge in [0.1, 0.15) is 10.7 Å². The van der Waals surface area contributed by atoms with Crippen LogP contribution in [0, 0.1) is 5.82 Å². The van der Waals surface area contributed by atoms with E-state index >= 15 is 0 Å². The van der Waals surface area contributed by atoms with Gasteiger partial charge in [-0.15, -0.1) is 0 Å². The molecule has 3 rings (SSSR count). The standard InChI is InChI=1S/C19H18ClFN2O6S/c20-14-3-1-2-4-16(14)22-18(24)12-29-19(25)13-5-6-15(21)17(11-13)30(26,27)23-7-9-28-10-8-23/h1-6,11H,7-10,12H2,(H,22,24). The van der Waals surface area contributed by atoms with Gasteiger partial charge in [-0.2, -0.15) is 4.31 Å². The number of amides is 1. The molecular weight excluding hydrogens is 439 g/mol. The van der Waals surface area contributed by atoms with Crippen LogP contribution in [0.4, 0.5) is 10.1 Å². The highest BCUT2D eigenvalue weighted by Crippen LogP contribution is 2.23. The molecule has 1 N–H and O–H groups in total. The van der Waals surface area contributed by atoms with E-state index in [1.165, 1.54) is 0 Å². The van der Waals surface area contributed by atoms with Crippen LogP contribution in [0.25, 0.3) is 0 Å². The van der Waals surface area contributed by atoms with Gasteiger partial charge in [0.25, 0.3) is 5.91 Å². The van der Waals surface area contributed by atoms with Gasteiger partial charge >= 0.3 is 5.97 Å². The van der Waals surface area contributed by atoms with Gasteiger partial charge in [0.15, 0.2) is 6.61 Å². The number of hydrogen-bond donors (Lipinski definition) is 1. The number of carbonyl (C=O) groups excluding carboxylic acids is 2. The number of nitrogens with zero attached hydrogens (tertiary/aromatic N) is 1. The predicted octanol–water partition coefficient (Wildman–Crippen LogP) is 2.30. The Morgan fingerprint density at radius 3 is 2.57 bits per heavy atom. The molecule has 0 bridgehead atoms. The van der Waals surface area contributed by atoms with E-state index < -0.39 is 39.2 Å². The number of halogens is 2. The summed E-state index contributed by atoms with van der Waals surface area (Å²) in [5.74, 6) is -2.60. The number of anilines is 1. The van der Waals surface area contributed by atoms with Crippen molar-refractivity contribution >= 4 is 39.2 Å². The Labute approximate surface area is 177 Å². The van der Waals surface area contributed by atoms with Gasteiger partial charge in [0, 0.05) is 13.1 Å². The zero-order chi connectivity index (χ0) is 21.7. The van der Waals surface area contributed by atoms with E-state index in [2.05, 4.69) is 5.32 Å². The molecule has 1 amide bonds. The van der Waals surface area contributed by atoms with Crippen LogP contribution in [0.1, 0.15) is 10.4 Å². The Bertz CT molecular complexity index is 1060. The van der Waals surface area contributed by atoms with E-state index in [0.717, 1.165) is 22.5 Å². The second kappa shape index (κ2) is 9.52. The molecule has 0 radical (unpaired) electrons. The fourth-order valence-electron chi connectivity index (χ4n) is 2.72. The molecule has 30 heavy (non-hydrogen) atoms.